The predicted octanol–water partition coefficient (Wildman–Crippen LogP) is 7.05. The first-order valence-corrected chi connectivity index (χ1v) is 13.6. The van der Waals surface area contributed by atoms with Crippen LogP contribution in [0, 0.1) is 0 Å². The Morgan fingerprint density at radius 2 is 1.71 bits per heavy atom. The zero-order chi connectivity index (χ0) is 26.3. The molecule has 1 aliphatic rings. The summed E-state index contributed by atoms with van der Waals surface area (Å²) in [6.07, 6.45) is 6.37. The molecule has 0 aliphatic carbocycles. The number of aryl methyl sites for hydroxylation is 2. The van der Waals surface area contributed by atoms with Crippen LogP contribution in [0.4, 0.5) is 0 Å². The molecule has 0 saturated heterocycles. The van der Waals surface area contributed by atoms with Crippen LogP contribution < -0.4 is 9.47 Å². The Hall–Kier alpha value is -3.99. The molecule has 1 unspecified atom stereocenters. The summed E-state index contributed by atoms with van der Waals surface area (Å²) in [4.78, 5) is 15.9. The van der Waals surface area contributed by atoms with E-state index in [0.717, 1.165) is 54.6 Å². The molecule has 0 fully saturated rings. The minimum Gasteiger partial charge on any atom is -0.493 e. The molecular weight excluding hydrogens is 472 g/mol. The third-order valence-electron chi connectivity index (χ3n) is 7.28. The summed E-state index contributed by atoms with van der Waals surface area (Å²) in [6, 6.07) is 28.2. The highest BCUT2D eigenvalue weighted by molar-refractivity contribution is 5.94. The van der Waals surface area contributed by atoms with E-state index in [0.29, 0.717) is 24.7 Å². The van der Waals surface area contributed by atoms with Crippen LogP contribution in [-0.4, -0.2) is 29.0 Å². The van der Waals surface area contributed by atoms with Gasteiger partial charge in [-0.2, -0.15) is 0 Å². The number of rotatable bonds is 9. The number of hydrogen-bond donors (Lipinski definition) is 0. The average molecular weight is 509 g/mol. The Morgan fingerprint density at radius 3 is 2.47 bits per heavy atom. The van der Waals surface area contributed by atoms with Crippen LogP contribution in [0.1, 0.15) is 65.0 Å². The number of amides is 1. The summed E-state index contributed by atoms with van der Waals surface area (Å²) < 4.78 is 14.1. The molecule has 0 spiro atoms. The van der Waals surface area contributed by atoms with Crippen molar-refractivity contribution >= 4 is 5.91 Å². The third-order valence-corrected chi connectivity index (χ3v) is 7.28. The summed E-state index contributed by atoms with van der Waals surface area (Å²) >= 11 is 0. The number of carbonyl (C=O) groups excluding carboxylic acids is 1. The Balaban J connectivity index is 1.45. The van der Waals surface area contributed by atoms with Gasteiger partial charge in [0.2, 0.25) is 0 Å². The van der Waals surface area contributed by atoms with Gasteiger partial charge in [0.1, 0.15) is 6.61 Å². The lowest BCUT2D eigenvalue weighted by Crippen LogP contribution is -2.35. The zero-order valence-corrected chi connectivity index (χ0v) is 22.3. The molecule has 196 valence electrons. The van der Waals surface area contributed by atoms with Crippen molar-refractivity contribution in [3.05, 3.63) is 119 Å². The smallest absolute Gasteiger partial charge is 0.254 e. The first kappa shape index (κ1) is 25.7. The van der Waals surface area contributed by atoms with Gasteiger partial charge in [-0.1, -0.05) is 61.9 Å². The first-order chi connectivity index (χ1) is 18.7. The van der Waals surface area contributed by atoms with Crippen molar-refractivity contribution in [1.82, 2.24) is 9.47 Å². The van der Waals surface area contributed by atoms with Crippen LogP contribution >= 0.6 is 0 Å². The molecule has 1 atom stereocenters. The van der Waals surface area contributed by atoms with Crippen LogP contribution in [0.2, 0.25) is 0 Å². The summed E-state index contributed by atoms with van der Waals surface area (Å²) in [5.41, 5.74) is 5.21. The standard InChI is InChI=1S/C33H36N2O3/c1-3-4-10-25-14-16-27(17-15-25)33(36)35-22-9-21-34-20-8-13-29(34)32(35)28-18-19-30(31(23-28)37-2)38-24-26-11-6-5-7-12-26/h5-8,11-20,23,32H,3-4,9-10,21-22,24H2,1-2H3. The van der Waals surface area contributed by atoms with Gasteiger partial charge in [0.15, 0.2) is 11.5 Å². The van der Waals surface area contributed by atoms with E-state index in [1.165, 1.54) is 5.56 Å². The number of nitrogens with zero attached hydrogens (tertiary/aromatic N) is 2. The second-order valence-electron chi connectivity index (χ2n) is 9.87. The van der Waals surface area contributed by atoms with Crippen LogP contribution in [0.3, 0.4) is 0 Å². The molecule has 3 aromatic carbocycles. The molecule has 0 bridgehead atoms. The minimum atomic E-state index is -0.225. The monoisotopic (exact) mass is 508 g/mol. The highest BCUT2D eigenvalue weighted by atomic mass is 16.5. The number of hydrogen-bond acceptors (Lipinski definition) is 3. The number of carbonyl (C=O) groups is 1. The SMILES string of the molecule is CCCCc1ccc(C(=O)N2CCCn3cccc3C2c2ccc(OCc3ccccc3)c(OC)c2)cc1. The average Bonchev–Trinajstić information content (AvgIpc) is 3.35. The number of ether oxygens (including phenoxy) is 2. The molecule has 0 saturated carbocycles. The maximum absolute atomic E-state index is 13.9. The van der Waals surface area contributed by atoms with E-state index in [1.54, 1.807) is 7.11 Å². The molecule has 0 radical (unpaired) electrons. The van der Waals surface area contributed by atoms with E-state index in [2.05, 4.69) is 48.0 Å². The summed E-state index contributed by atoms with van der Waals surface area (Å²) in [5, 5.41) is 0. The van der Waals surface area contributed by atoms with Gasteiger partial charge in [-0.15, -0.1) is 0 Å². The lowest BCUT2D eigenvalue weighted by molar-refractivity contribution is 0.0709. The Morgan fingerprint density at radius 1 is 0.895 bits per heavy atom. The van der Waals surface area contributed by atoms with Gasteiger partial charge in [-0.25, -0.2) is 0 Å². The molecule has 5 nitrogen and oxygen atoms in total. The molecule has 2 heterocycles. The van der Waals surface area contributed by atoms with Crippen molar-refractivity contribution < 1.29 is 14.3 Å². The fraction of sp³-hybridized carbons (Fsp3) is 0.303. The lowest BCUT2D eigenvalue weighted by atomic mass is 9.99. The lowest BCUT2D eigenvalue weighted by Gasteiger charge is -2.31. The normalized spacial score (nSPS) is 15.0. The van der Waals surface area contributed by atoms with Gasteiger partial charge < -0.3 is 18.9 Å². The van der Waals surface area contributed by atoms with Crippen molar-refractivity contribution in [3.63, 3.8) is 0 Å². The van der Waals surface area contributed by atoms with E-state index in [-0.39, 0.29) is 11.9 Å². The van der Waals surface area contributed by atoms with E-state index in [4.69, 9.17) is 9.47 Å². The fourth-order valence-corrected chi connectivity index (χ4v) is 5.22. The minimum absolute atomic E-state index is 0.0510. The number of benzene rings is 3. The van der Waals surface area contributed by atoms with Gasteiger partial charge in [0, 0.05) is 30.5 Å². The Kier molecular flexibility index (Phi) is 8.12. The molecule has 1 aromatic heterocycles. The van der Waals surface area contributed by atoms with Gasteiger partial charge in [0.05, 0.1) is 13.2 Å². The number of aromatic nitrogens is 1. The van der Waals surface area contributed by atoms with Gasteiger partial charge in [-0.05, 0) is 72.4 Å². The van der Waals surface area contributed by atoms with E-state index in [9.17, 15) is 4.79 Å². The van der Waals surface area contributed by atoms with Gasteiger partial charge in [0.25, 0.3) is 5.91 Å². The molecular formula is C33H36N2O3. The second kappa shape index (κ2) is 12.0. The number of fused-ring (bicyclic) bond motifs is 1. The van der Waals surface area contributed by atoms with Crippen molar-refractivity contribution in [2.45, 2.75) is 51.8 Å². The van der Waals surface area contributed by atoms with Crippen LogP contribution in [0.25, 0.3) is 0 Å². The quantitative estimate of drug-likeness (QED) is 0.243. The summed E-state index contributed by atoms with van der Waals surface area (Å²) in [5.74, 6) is 1.40. The zero-order valence-electron chi connectivity index (χ0n) is 22.3. The third kappa shape index (κ3) is 5.62. The van der Waals surface area contributed by atoms with Crippen molar-refractivity contribution in [1.29, 1.82) is 0 Å². The van der Waals surface area contributed by atoms with Crippen LogP contribution in [-0.2, 0) is 19.6 Å². The van der Waals surface area contributed by atoms with Crippen LogP contribution in [0.15, 0.2) is 91.1 Å². The second-order valence-corrected chi connectivity index (χ2v) is 9.87. The maximum Gasteiger partial charge on any atom is 0.254 e. The number of methoxy groups -OCH3 is 1. The van der Waals surface area contributed by atoms with Gasteiger partial charge >= 0.3 is 0 Å². The molecule has 38 heavy (non-hydrogen) atoms. The molecule has 5 rings (SSSR count). The Bertz CT molecular complexity index is 1340. The molecule has 1 amide bonds. The van der Waals surface area contributed by atoms with Crippen LogP contribution in [0.5, 0.6) is 11.5 Å². The van der Waals surface area contributed by atoms with Crippen molar-refractivity contribution in [3.8, 4) is 11.5 Å². The van der Waals surface area contributed by atoms with Crippen molar-refractivity contribution in [2.75, 3.05) is 13.7 Å². The van der Waals surface area contributed by atoms with Crippen molar-refractivity contribution in [2.24, 2.45) is 0 Å². The molecule has 5 heteroatoms. The van der Waals surface area contributed by atoms with E-state index < -0.39 is 0 Å². The molecule has 1 aliphatic heterocycles. The number of unbranched alkanes of at least 4 members (excludes halogenated alkanes) is 1. The molecule has 4 aromatic rings. The predicted molar refractivity (Wildman–Crippen MR) is 151 cm³/mol. The molecule has 0 N–H and O–H groups in total. The Labute approximate surface area is 225 Å². The fourth-order valence-electron chi connectivity index (χ4n) is 5.22. The first-order valence-electron chi connectivity index (χ1n) is 13.6. The van der Waals surface area contributed by atoms with E-state index >= 15 is 0 Å². The highest BCUT2D eigenvalue weighted by Crippen LogP contribution is 2.38. The highest BCUT2D eigenvalue weighted by Gasteiger charge is 2.32. The largest absolute Gasteiger partial charge is 0.493 e. The summed E-state index contributed by atoms with van der Waals surface area (Å²) in [6.45, 7) is 4.22. The maximum atomic E-state index is 13.9. The van der Waals surface area contributed by atoms with Gasteiger partial charge in [-0.3, -0.25) is 4.79 Å². The summed E-state index contributed by atoms with van der Waals surface area (Å²) in [7, 11) is 1.66. The topological polar surface area (TPSA) is 43.7 Å². The van der Waals surface area contributed by atoms with E-state index in [1.807, 2.05) is 59.5 Å².